The number of aliphatic hydroxyl groups excluding tert-OH is 2. The number of hydrogen-bond acceptors (Lipinski definition) is 35. The number of fused-ring (bicyclic) bond motifs is 3. The molecule has 0 spiro atoms. The molecule has 45 nitrogen and oxygen atoms in total. The fraction of sp³-hybridized carbons (Fsp3) is 0.526. The molecule has 6 aliphatic heterocycles. The molecule has 6 aliphatic rings. The van der Waals surface area contributed by atoms with Gasteiger partial charge < -0.3 is 91.1 Å². The fourth-order valence-corrected chi connectivity index (χ4v) is 14.5. The van der Waals surface area contributed by atoms with Gasteiger partial charge in [0.05, 0.1) is 89.1 Å². The zero-order valence-corrected chi connectivity index (χ0v) is 54.7. The highest BCUT2D eigenvalue weighted by molar-refractivity contribution is 7.47. The van der Waals surface area contributed by atoms with E-state index in [-0.39, 0.29) is 121 Å². The van der Waals surface area contributed by atoms with E-state index in [9.17, 15) is 48.4 Å². The van der Waals surface area contributed by atoms with Crippen molar-refractivity contribution in [2.45, 2.75) is 149 Å². The van der Waals surface area contributed by atoms with Crippen LogP contribution in [0.25, 0.3) is 33.5 Å². The molecule has 9 aromatic heterocycles. The van der Waals surface area contributed by atoms with Crippen molar-refractivity contribution in [3.8, 4) is 0 Å². The van der Waals surface area contributed by atoms with E-state index in [0.717, 1.165) is 10.6 Å². The first-order chi connectivity index (χ1) is 49.6. The molecule has 0 aliphatic carbocycles. The van der Waals surface area contributed by atoms with Crippen LogP contribution < -0.4 is 62.4 Å². The zero-order chi connectivity index (χ0) is 71.7. The molecule has 16 N–H and O–H groups in total. The van der Waals surface area contributed by atoms with Crippen LogP contribution in [0.1, 0.15) is 75.9 Å². The molecule has 0 aromatic carbocycles. The molecule has 6 saturated heterocycles. The van der Waals surface area contributed by atoms with Crippen molar-refractivity contribution < 1.29 is 76.1 Å². The number of rotatable bonds is 24. The van der Waals surface area contributed by atoms with E-state index in [4.69, 9.17) is 85.1 Å². The van der Waals surface area contributed by atoms with Gasteiger partial charge in [-0.2, -0.15) is 19.9 Å². The number of imidazole rings is 3. The smallest absolute Gasteiger partial charge is 0.394 e. The number of aromatic nitrogens is 18. The van der Waals surface area contributed by atoms with Gasteiger partial charge in [-0.1, -0.05) is 0 Å². The number of aromatic amines is 3. The van der Waals surface area contributed by atoms with Gasteiger partial charge in [-0.25, -0.2) is 43.9 Å². The molecule has 46 heteroatoms. The lowest BCUT2D eigenvalue weighted by Gasteiger charge is -2.26. The minimum absolute atomic E-state index is 0.00504. The summed E-state index contributed by atoms with van der Waals surface area (Å²) in [6.45, 7) is -2.34. The molecule has 1 unspecified atom stereocenters. The first-order valence-corrected chi connectivity index (χ1v) is 33.8. The summed E-state index contributed by atoms with van der Waals surface area (Å²) in [4.78, 5) is 133. The lowest BCUT2D eigenvalue weighted by atomic mass is 10.1. The Morgan fingerprint density at radius 2 is 0.893 bits per heavy atom. The van der Waals surface area contributed by atoms with Crippen LogP contribution in [-0.2, 0) is 61.0 Å². The summed E-state index contributed by atoms with van der Waals surface area (Å²) in [6, 6.07) is 3.91. The van der Waals surface area contributed by atoms with Gasteiger partial charge in [-0.05, 0) is 12.1 Å². The topological polar surface area (TPSA) is 614 Å². The molecule has 6 fully saturated rings. The minimum Gasteiger partial charge on any atom is -0.394 e. The third-order valence-electron chi connectivity index (χ3n) is 18.6. The summed E-state index contributed by atoms with van der Waals surface area (Å²) in [5, 5.41) is 21.7. The third kappa shape index (κ3) is 14.1. The number of nitrogens with two attached hydrogens (primary N) is 5. The molecular formula is C57H68N23O22P. The largest absolute Gasteiger partial charge is 0.472 e. The van der Waals surface area contributed by atoms with Crippen LogP contribution >= 0.6 is 7.82 Å². The predicted molar refractivity (Wildman–Crippen MR) is 346 cm³/mol. The first kappa shape index (κ1) is 69.1. The Morgan fingerprint density at radius 3 is 1.41 bits per heavy atom. The molecule has 15 rings (SSSR count). The third-order valence-corrected chi connectivity index (χ3v) is 19.6. The highest BCUT2D eigenvalue weighted by Crippen LogP contribution is 2.50. The second kappa shape index (κ2) is 28.2. The lowest BCUT2D eigenvalue weighted by molar-refractivity contribution is -0.125. The Hall–Kier alpha value is -9.68. The van der Waals surface area contributed by atoms with Gasteiger partial charge in [0.1, 0.15) is 104 Å². The Kier molecular flexibility index (Phi) is 18.9. The highest BCUT2D eigenvalue weighted by Gasteiger charge is 2.49. The Balaban J connectivity index is 0.661. The van der Waals surface area contributed by atoms with Gasteiger partial charge in [-0.15, -0.1) is 0 Å². The molecule has 9 aromatic rings. The number of ether oxygens (including phenoxy) is 10. The lowest BCUT2D eigenvalue weighted by Crippen LogP contribution is -2.38. The van der Waals surface area contributed by atoms with Gasteiger partial charge in [0.25, 0.3) is 16.7 Å². The van der Waals surface area contributed by atoms with Crippen LogP contribution in [0.4, 0.5) is 29.4 Å². The second-order valence-corrected chi connectivity index (χ2v) is 26.5. The van der Waals surface area contributed by atoms with Crippen molar-refractivity contribution in [1.82, 2.24) is 87.2 Å². The van der Waals surface area contributed by atoms with Crippen LogP contribution in [0.3, 0.4) is 0 Å². The maximum Gasteiger partial charge on any atom is 0.472 e. The maximum atomic E-state index is 14.6. The van der Waals surface area contributed by atoms with Crippen molar-refractivity contribution in [1.29, 1.82) is 0 Å². The van der Waals surface area contributed by atoms with E-state index in [1.54, 1.807) is 4.57 Å². The molecule has 15 heterocycles. The number of nitrogens with zero attached hydrogens (tertiary/aromatic N) is 15. The number of aliphatic hydroxyl groups is 2. The molecule has 0 saturated carbocycles. The summed E-state index contributed by atoms with van der Waals surface area (Å²) in [6.07, 6.45) is -9.04. The molecular weight excluding hydrogens is 1390 g/mol. The van der Waals surface area contributed by atoms with Gasteiger partial charge >= 0.3 is 24.9 Å². The molecule has 0 bridgehead atoms. The first-order valence-electron chi connectivity index (χ1n) is 32.3. The van der Waals surface area contributed by atoms with Crippen molar-refractivity contribution in [3.05, 3.63) is 125 Å². The SMILES string of the molecule is Nc1ccn([C@H]2C[C@H](OC[C@H]3O[C@@H](n4cnc5c(=O)[nH]c(N)nc54)C[C@@H]3OC[C@H]3O[C@@H](n4ccc(=O)[nH]c4=O)C[C@@H]3OP(=O)(O)OC[C@H]3O[C@@H](n4cnc5c(N)ncnc54)C[C@@H]3OC[C@H]3O[C@@H](n4ccc(N)nc4=O)C[C@@H]3OC[C@H]3O[C@@H](n4cnc5c(=O)[nH]c(N)nc54)C[C@@H]3O)[C@@H](CO)O2)c(=O)n1. The van der Waals surface area contributed by atoms with E-state index in [2.05, 4.69) is 59.8 Å². The van der Waals surface area contributed by atoms with E-state index in [1.807, 2.05) is 0 Å². The summed E-state index contributed by atoms with van der Waals surface area (Å²) in [5.41, 5.74) is 26.0. The van der Waals surface area contributed by atoms with Gasteiger partial charge in [0, 0.05) is 63.2 Å². The second-order valence-electron chi connectivity index (χ2n) is 25.1. The summed E-state index contributed by atoms with van der Waals surface area (Å²) >= 11 is 0. The molecule has 548 valence electrons. The number of hydrogen-bond donors (Lipinski definition) is 11. The number of phosphoric ester groups is 1. The normalized spacial score (nSPS) is 30.0. The standard InChI is InChI=1S/C57H68N23O22P/c58-35-1-4-75(55(86)68-35)39-8-24(29(13-81)96-39)92-15-32-26(10-43(99-32)80-22-67-46-50(80)72-54(62)74-52(46)85)94-17-33-28(12-41(100-33)77-6-3-37(83)70-57(77)88)102-103(89,90)95-18-34-27(11-42(101-34)78-20-65-44-47(60)63-19-64-48(44)78)93-16-31-25(9-40(98-31)76-5-2-36(59)69-56(76)87)91-14-30-23(82)7-38(97-30)79-21-66-45-49(79)71-53(61)73-51(45)84/h1-6,19-34,38-43,81-82H,7-18H2,(H,89,90)(H2,58,68,86)(H2,59,69,87)(H2,60,63,64)(H,70,83,88)(H3,61,71,73,84)(H3,62,72,74,85)/t23-,24-,25-,26-,27-,28-,29+,30+,31+,32+,33+,34+,38+,39+,40+,41+,42+,43+/m0/s1. The molecule has 103 heavy (non-hydrogen) atoms. The van der Waals surface area contributed by atoms with Crippen molar-refractivity contribution >= 4 is 70.7 Å². The highest BCUT2D eigenvalue weighted by atomic mass is 31.2. The Morgan fingerprint density at radius 1 is 0.476 bits per heavy atom. The van der Waals surface area contributed by atoms with Crippen LogP contribution in [-0.4, -0.2) is 215 Å². The van der Waals surface area contributed by atoms with Crippen LogP contribution in [0.15, 0.2) is 90.9 Å². The van der Waals surface area contributed by atoms with E-state index in [1.165, 1.54) is 74.3 Å². The van der Waals surface area contributed by atoms with Crippen molar-refractivity contribution in [3.63, 3.8) is 0 Å². The van der Waals surface area contributed by atoms with Gasteiger partial charge in [-0.3, -0.25) is 65.8 Å². The minimum atomic E-state index is -5.27. The van der Waals surface area contributed by atoms with Crippen molar-refractivity contribution in [2.24, 2.45) is 0 Å². The molecule has 0 radical (unpaired) electrons. The van der Waals surface area contributed by atoms with E-state index in [0.29, 0.717) is 0 Å². The van der Waals surface area contributed by atoms with E-state index >= 15 is 0 Å². The van der Waals surface area contributed by atoms with Crippen molar-refractivity contribution in [2.75, 3.05) is 68.3 Å². The van der Waals surface area contributed by atoms with Crippen LogP contribution in [0, 0.1) is 0 Å². The summed E-state index contributed by atoms with van der Waals surface area (Å²) in [7, 11) is -5.27. The zero-order valence-electron chi connectivity index (χ0n) is 53.8. The number of H-pyrrole nitrogens is 3. The number of anilines is 5. The maximum absolute atomic E-state index is 14.6. The number of nitrogen functional groups attached to an aromatic ring is 5. The number of nitrogens with one attached hydrogen (secondary N) is 3. The van der Waals surface area contributed by atoms with E-state index < -0.39 is 172 Å². The summed E-state index contributed by atoms with van der Waals surface area (Å²) < 4.78 is 98.7. The van der Waals surface area contributed by atoms with Gasteiger partial charge in [0.15, 0.2) is 33.8 Å². The average molecular weight is 1460 g/mol. The summed E-state index contributed by atoms with van der Waals surface area (Å²) in [5.74, 6) is -0.315. The predicted octanol–water partition coefficient (Wildman–Crippen LogP) is -3.81. The average Bonchev–Trinajstić information content (AvgIpc) is 1.64. The molecule has 19 atom stereocenters. The van der Waals surface area contributed by atoms with Crippen LogP contribution in [0.2, 0.25) is 0 Å². The Bertz CT molecular complexity index is 5060. The monoisotopic (exact) mass is 1460 g/mol. The van der Waals surface area contributed by atoms with Gasteiger partial charge in [0.2, 0.25) is 11.9 Å². The Labute approximate surface area is 574 Å². The number of phosphoric acid groups is 1. The molecule has 0 amide bonds. The van der Waals surface area contributed by atoms with Crippen LogP contribution in [0.5, 0.6) is 0 Å². The quantitative estimate of drug-likeness (QED) is 0.0258. The fourth-order valence-electron chi connectivity index (χ4n) is 13.5.